The Labute approximate surface area is 130 Å². The van der Waals surface area contributed by atoms with Gasteiger partial charge in [0, 0.05) is 43.7 Å². The summed E-state index contributed by atoms with van der Waals surface area (Å²) in [5.74, 6) is 1.05. The molecule has 0 fully saturated rings. The number of anilines is 1. The molecule has 1 atom stereocenters. The number of nitrogens with two attached hydrogens (primary N) is 1. The molecule has 0 aliphatic carbocycles. The van der Waals surface area contributed by atoms with Crippen molar-refractivity contribution in [2.45, 2.75) is 45.7 Å². The number of nitrogens with zero attached hydrogens (tertiary/aromatic N) is 3. The zero-order chi connectivity index (χ0) is 15.4. The molecule has 5 nitrogen and oxygen atoms in total. The highest BCUT2D eigenvalue weighted by atomic mass is 32.1. The van der Waals surface area contributed by atoms with Gasteiger partial charge in [0.25, 0.3) is 0 Å². The van der Waals surface area contributed by atoms with E-state index in [9.17, 15) is 0 Å². The smallest absolute Gasteiger partial charge is 0.195 e. The van der Waals surface area contributed by atoms with Crippen LogP contribution < -0.4 is 10.6 Å². The molecule has 2 N–H and O–H groups in total. The Morgan fingerprint density at radius 2 is 2.24 bits per heavy atom. The molecule has 118 valence electrons. The number of hydrogen-bond acceptors (Lipinski definition) is 5. The summed E-state index contributed by atoms with van der Waals surface area (Å²) < 4.78 is 7.42. The number of fused-ring (bicyclic) bond motifs is 1. The maximum Gasteiger partial charge on any atom is 0.195 e. The fraction of sp³-hybridized carbons (Fsp3) is 0.667. The first-order chi connectivity index (χ1) is 10.1. The highest BCUT2D eigenvalue weighted by Gasteiger charge is 2.22. The van der Waals surface area contributed by atoms with Gasteiger partial charge in [-0.25, -0.2) is 4.98 Å². The zero-order valence-electron chi connectivity index (χ0n) is 13.4. The molecule has 0 saturated carbocycles. The molecule has 0 saturated heterocycles. The molecule has 2 aromatic heterocycles. The summed E-state index contributed by atoms with van der Waals surface area (Å²) in [5, 5.41) is 2.07. The summed E-state index contributed by atoms with van der Waals surface area (Å²) in [6.45, 7) is 8.04. The quantitative estimate of drug-likeness (QED) is 0.814. The lowest BCUT2D eigenvalue weighted by Crippen LogP contribution is -2.35. The largest absolute Gasteiger partial charge is 0.383 e. The Morgan fingerprint density at radius 1 is 1.48 bits per heavy atom. The van der Waals surface area contributed by atoms with Crippen molar-refractivity contribution >= 4 is 22.1 Å². The van der Waals surface area contributed by atoms with Gasteiger partial charge in [0.2, 0.25) is 0 Å². The van der Waals surface area contributed by atoms with Gasteiger partial charge in [0.1, 0.15) is 0 Å². The van der Waals surface area contributed by atoms with Gasteiger partial charge in [-0.2, -0.15) is 0 Å². The normalized spacial score (nSPS) is 13.2. The van der Waals surface area contributed by atoms with E-state index in [0.29, 0.717) is 12.6 Å². The summed E-state index contributed by atoms with van der Waals surface area (Å²) in [4.78, 5) is 8.17. The predicted molar refractivity (Wildman–Crippen MR) is 89.4 cm³/mol. The molecule has 0 spiro atoms. The third-order valence-corrected chi connectivity index (χ3v) is 4.51. The number of methoxy groups -OCH3 is 1. The molecule has 0 aliphatic heterocycles. The van der Waals surface area contributed by atoms with Gasteiger partial charge in [-0.3, -0.25) is 4.40 Å². The van der Waals surface area contributed by atoms with Crippen LogP contribution in [-0.4, -0.2) is 41.7 Å². The number of hydrogen-bond donors (Lipinski definition) is 1. The van der Waals surface area contributed by atoms with Crippen LogP contribution in [0.4, 0.5) is 5.82 Å². The van der Waals surface area contributed by atoms with E-state index < -0.39 is 0 Å². The highest BCUT2D eigenvalue weighted by Crippen LogP contribution is 2.27. The molecule has 2 rings (SSSR count). The Balaban J connectivity index is 2.39. The number of aromatic nitrogens is 2. The van der Waals surface area contributed by atoms with Crippen molar-refractivity contribution in [2.75, 3.05) is 25.2 Å². The summed E-state index contributed by atoms with van der Waals surface area (Å²) in [5.41, 5.74) is 7.40. The first kappa shape index (κ1) is 16.3. The molecular weight excluding hydrogens is 284 g/mol. The zero-order valence-corrected chi connectivity index (χ0v) is 14.2. The SMILES string of the molecule is CCC(N)Cc1c(N(CCOC)C(C)C)nc2sccn12. The topological polar surface area (TPSA) is 55.8 Å². The van der Waals surface area contributed by atoms with Crippen LogP contribution in [0.15, 0.2) is 11.6 Å². The van der Waals surface area contributed by atoms with Crippen LogP contribution in [0, 0.1) is 0 Å². The van der Waals surface area contributed by atoms with Crippen LogP contribution in [-0.2, 0) is 11.2 Å². The Bertz CT molecular complexity index is 563. The van der Waals surface area contributed by atoms with Crippen LogP contribution in [0.2, 0.25) is 0 Å². The lowest BCUT2D eigenvalue weighted by molar-refractivity contribution is 0.203. The van der Waals surface area contributed by atoms with Crippen molar-refractivity contribution in [3.8, 4) is 0 Å². The lowest BCUT2D eigenvalue weighted by Gasteiger charge is -2.28. The molecule has 0 bridgehead atoms. The molecule has 0 aliphatic rings. The lowest BCUT2D eigenvalue weighted by atomic mass is 10.1. The maximum absolute atomic E-state index is 6.19. The summed E-state index contributed by atoms with van der Waals surface area (Å²) in [7, 11) is 1.73. The summed E-state index contributed by atoms with van der Waals surface area (Å²) >= 11 is 1.66. The Hall–Kier alpha value is -1.11. The van der Waals surface area contributed by atoms with Gasteiger partial charge in [-0.1, -0.05) is 6.92 Å². The fourth-order valence-electron chi connectivity index (χ4n) is 2.43. The van der Waals surface area contributed by atoms with Crippen LogP contribution in [0.3, 0.4) is 0 Å². The molecule has 0 radical (unpaired) electrons. The Kier molecular flexibility index (Phi) is 5.61. The van der Waals surface area contributed by atoms with Gasteiger partial charge in [-0.05, 0) is 20.3 Å². The van der Waals surface area contributed by atoms with E-state index in [-0.39, 0.29) is 6.04 Å². The molecule has 21 heavy (non-hydrogen) atoms. The number of imidazole rings is 1. The summed E-state index contributed by atoms with van der Waals surface area (Å²) in [6.07, 6.45) is 3.90. The first-order valence-electron chi connectivity index (χ1n) is 7.54. The van der Waals surface area contributed by atoms with Gasteiger partial charge in [0.15, 0.2) is 10.8 Å². The molecule has 0 amide bonds. The van der Waals surface area contributed by atoms with Crippen molar-refractivity contribution in [3.63, 3.8) is 0 Å². The molecular formula is C15H26N4OS. The predicted octanol–water partition coefficient (Wildman–Crippen LogP) is 2.54. The van der Waals surface area contributed by atoms with E-state index in [0.717, 1.165) is 30.2 Å². The molecule has 2 aromatic rings. The van der Waals surface area contributed by atoms with Crippen molar-refractivity contribution in [2.24, 2.45) is 5.73 Å². The van der Waals surface area contributed by atoms with E-state index in [4.69, 9.17) is 15.5 Å². The Morgan fingerprint density at radius 3 is 2.86 bits per heavy atom. The minimum absolute atomic E-state index is 0.167. The second-order valence-corrected chi connectivity index (χ2v) is 6.46. The van der Waals surface area contributed by atoms with Crippen LogP contribution >= 0.6 is 11.3 Å². The number of rotatable bonds is 8. The second kappa shape index (κ2) is 7.24. The van der Waals surface area contributed by atoms with E-state index in [1.807, 2.05) is 0 Å². The van der Waals surface area contributed by atoms with Gasteiger partial charge >= 0.3 is 0 Å². The monoisotopic (exact) mass is 310 g/mol. The van der Waals surface area contributed by atoms with Gasteiger partial charge in [-0.15, -0.1) is 11.3 Å². The number of ether oxygens (including phenoxy) is 1. The van der Waals surface area contributed by atoms with Crippen LogP contribution in [0.5, 0.6) is 0 Å². The summed E-state index contributed by atoms with van der Waals surface area (Å²) in [6, 6.07) is 0.543. The third kappa shape index (κ3) is 3.56. The second-order valence-electron chi connectivity index (χ2n) is 5.59. The fourth-order valence-corrected chi connectivity index (χ4v) is 3.16. The van der Waals surface area contributed by atoms with Crippen molar-refractivity contribution in [1.29, 1.82) is 0 Å². The van der Waals surface area contributed by atoms with Crippen molar-refractivity contribution < 1.29 is 4.74 Å². The highest BCUT2D eigenvalue weighted by molar-refractivity contribution is 7.15. The van der Waals surface area contributed by atoms with E-state index in [1.165, 1.54) is 5.69 Å². The van der Waals surface area contributed by atoms with Crippen molar-refractivity contribution in [3.05, 3.63) is 17.3 Å². The van der Waals surface area contributed by atoms with E-state index in [2.05, 4.69) is 41.6 Å². The van der Waals surface area contributed by atoms with E-state index >= 15 is 0 Å². The van der Waals surface area contributed by atoms with Crippen LogP contribution in [0.25, 0.3) is 4.96 Å². The minimum atomic E-state index is 0.167. The van der Waals surface area contributed by atoms with E-state index in [1.54, 1.807) is 18.4 Å². The standard InChI is InChI=1S/C15H26N4OS/c1-5-12(16)10-13-14(17-15-19(13)7-9-21-15)18(11(2)3)6-8-20-4/h7,9,11-12H,5-6,8,10,16H2,1-4H3. The third-order valence-electron chi connectivity index (χ3n) is 3.75. The first-order valence-corrected chi connectivity index (χ1v) is 8.42. The van der Waals surface area contributed by atoms with Gasteiger partial charge in [0.05, 0.1) is 12.3 Å². The molecule has 6 heteroatoms. The minimum Gasteiger partial charge on any atom is -0.383 e. The maximum atomic E-state index is 6.19. The van der Waals surface area contributed by atoms with Crippen molar-refractivity contribution in [1.82, 2.24) is 9.38 Å². The van der Waals surface area contributed by atoms with Gasteiger partial charge < -0.3 is 15.4 Å². The molecule has 2 heterocycles. The molecule has 0 aromatic carbocycles. The number of thiazole rings is 1. The van der Waals surface area contributed by atoms with Crippen LogP contribution in [0.1, 0.15) is 32.9 Å². The molecule has 1 unspecified atom stereocenters. The average Bonchev–Trinajstić information content (AvgIpc) is 3.02. The average molecular weight is 310 g/mol.